The van der Waals surface area contributed by atoms with Gasteiger partial charge in [0.25, 0.3) is 5.82 Å². The van der Waals surface area contributed by atoms with Gasteiger partial charge >= 0.3 is 6.18 Å². The maximum Gasteiger partial charge on any atom is 0.453 e. The molecule has 0 unspecified atom stereocenters. The molecule has 1 aliphatic rings. The number of aromatic nitrogens is 6. The van der Waals surface area contributed by atoms with E-state index in [9.17, 15) is 18.0 Å². The molecule has 3 aromatic heterocycles. The number of rotatable bonds is 4. The van der Waals surface area contributed by atoms with Crippen LogP contribution in [0, 0.1) is 12.8 Å². The average molecular weight is 488 g/mol. The van der Waals surface area contributed by atoms with Gasteiger partial charge in [-0.25, -0.2) is 0 Å². The third-order valence-corrected chi connectivity index (χ3v) is 6.53. The van der Waals surface area contributed by atoms with Crippen LogP contribution in [-0.2, 0) is 11.0 Å². The first-order valence-electron chi connectivity index (χ1n) is 10.5. The van der Waals surface area contributed by atoms with Gasteiger partial charge in [0, 0.05) is 24.6 Å². The number of benzene rings is 1. The van der Waals surface area contributed by atoms with Crippen LogP contribution >= 0.6 is 11.3 Å². The zero-order chi connectivity index (χ0) is 23.9. The number of carbonyl (C=O) groups excluding carboxylic acids is 1. The number of anilines is 2. The fourth-order valence-electron chi connectivity index (χ4n) is 3.79. The molecule has 1 amide bonds. The van der Waals surface area contributed by atoms with Crippen LogP contribution in [0.4, 0.5) is 24.1 Å². The Morgan fingerprint density at radius 3 is 2.47 bits per heavy atom. The van der Waals surface area contributed by atoms with Crippen LogP contribution < -0.4 is 10.2 Å². The number of alkyl halides is 3. The highest BCUT2D eigenvalue weighted by Crippen LogP contribution is 2.30. The summed E-state index contributed by atoms with van der Waals surface area (Å²) in [7, 11) is 0. The van der Waals surface area contributed by atoms with E-state index in [4.69, 9.17) is 0 Å². The van der Waals surface area contributed by atoms with Gasteiger partial charge in [0.2, 0.25) is 11.0 Å². The first kappa shape index (κ1) is 22.2. The summed E-state index contributed by atoms with van der Waals surface area (Å²) in [4.78, 5) is 14.6. The third kappa shape index (κ3) is 4.42. The molecule has 0 bridgehead atoms. The predicted octanol–water partition coefficient (Wildman–Crippen LogP) is 3.83. The molecule has 1 N–H and O–H groups in total. The van der Waals surface area contributed by atoms with Crippen LogP contribution in [0.1, 0.15) is 24.2 Å². The number of halogens is 3. The fourth-order valence-corrected chi connectivity index (χ4v) is 4.54. The Morgan fingerprint density at radius 2 is 1.76 bits per heavy atom. The molecule has 4 aromatic rings. The Labute approximate surface area is 195 Å². The molecule has 0 radical (unpaired) electrons. The summed E-state index contributed by atoms with van der Waals surface area (Å²) in [6, 6.07) is 11.0. The molecule has 1 aliphatic heterocycles. The Morgan fingerprint density at radius 1 is 1.03 bits per heavy atom. The van der Waals surface area contributed by atoms with Crippen molar-refractivity contribution in [1.82, 2.24) is 30.0 Å². The molecule has 34 heavy (non-hydrogen) atoms. The minimum atomic E-state index is -4.65. The van der Waals surface area contributed by atoms with Crippen molar-refractivity contribution in [3.05, 3.63) is 47.8 Å². The Balaban J connectivity index is 1.22. The van der Waals surface area contributed by atoms with Crippen LogP contribution in [0.15, 0.2) is 36.4 Å². The van der Waals surface area contributed by atoms with Crippen molar-refractivity contribution in [2.24, 2.45) is 5.92 Å². The molecule has 5 rings (SSSR count). The van der Waals surface area contributed by atoms with Gasteiger partial charge in [-0.05, 0) is 31.9 Å². The number of piperidine rings is 1. The second-order valence-corrected chi connectivity index (χ2v) is 8.99. The van der Waals surface area contributed by atoms with Crippen molar-refractivity contribution < 1.29 is 18.0 Å². The molecule has 0 atom stereocenters. The summed E-state index contributed by atoms with van der Waals surface area (Å²) in [5.41, 5.74) is 2.10. The average Bonchev–Trinajstić information content (AvgIpc) is 3.46. The third-order valence-electron chi connectivity index (χ3n) is 5.65. The maximum absolute atomic E-state index is 13.1. The van der Waals surface area contributed by atoms with E-state index in [0.717, 1.165) is 16.1 Å². The number of aryl methyl sites for hydroxylation is 1. The predicted molar refractivity (Wildman–Crippen MR) is 119 cm³/mol. The summed E-state index contributed by atoms with van der Waals surface area (Å²) >= 11 is 1.31. The smallest absolute Gasteiger partial charge is 0.355 e. The van der Waals surface area contributed by atoms with Crippen molar-refractivity contribution in [2.75, 3.05) is 23.3 Å². The van der Waals surface area contributed by atoms with Crippen LogP contribution in [0.2, 0.25) is 0 Å². The van der Waals surface area contributed by atoms with E-state index < -0.39 is 12.0 Å². The van der Waals surface area contributed by atoms with E-state index in [0.29, 0.717) is 41.4 Å². The number of fused-ring (bicyclic) bond motifs is 1. The zero-order valence-corrected chi connectivity index (χ0v) is 18.8. The van der Waals surface area contributed by atoms with E-state index >= 15 is 0 Å². The second-order valence-electron chi connectivity index (χ2n) is 8.01. The highest BCUT2D eigenvalue weighted by molar-refractivity contribution is 7.18. The summed E-state index contributed by atoms with van der Waals surface area (Å²) < 4.78 is 40.1. The van der Waals surface area contributed by atoms with Crippen molar-refractivity contribution in [3.63, 3.8) is 0 Å². The van der Waals surface area contributed by atoms with Crippen molar-refractivity contribution in [1.29, 1.82) is 0 Å². The Hall–Kier alpha value is -3.61. The number of carbonyl (C=O) groups is 1. The maximum atomic E-state index is 13.1. The van der Waals surface area contributed by atoms with Gasteiger partial charge in [-0.15, -0.1) is 25.5 Å². The highest BCUT2D eigenvalue weighted by atomic mass is 32.1. The fraction of sp³-hybridized carbons (Fsp3) is 0.333. The molecule has 13 heteroatoms. The highest BCUT2D eigenvalue weighted by Gasteiger charge is 2.38. The molecule has 9 nitrogen and oxygen atoms in total. The number of hydrogen-bond donors (Lipinski definition) is 1. The van der Waals surface area contributed by atoms with Gasteiger partial charge in [-0.1, -0.05) is 41.2 Å². The number of amides is 1. The van der Waals surface area contributed by atoms with Gasteiger partial charge in [0.1, 0.15) is 10.8 Å². The zero-order valence-electron chi connectivity index (χ0n) is 18.0. The monoisotopic (exact) mass is 488 g/mol. The molecule has 1 aromatic carbocycles. The minimum Gasteiger partial charge on any atom is -0.355 e. The summed E-state index contributed by atoms with van der Waals surface area (Å²) in [5, 5.41) is 23.0. The molecule has 176 valence electrons. The molecular weight excluding hydrogens is 469 g/mol. The lowest BCUT2D eigenvalue weighted by Crippen LogP contribution is -2.38. The van der Waals surface area contributed by atoms with Crippen molar-refractivity contribution in [3.8, 4) is 10.6 Å². The van der Waals surface area contributed by atoms with Crippen LogP contribution in [-0.4, -0.2) is 49.0 Å². The van der Waals surface area contributed by atoms with Crippen LogP contribution in [0.25, 0.3) is 16.2 Å². The summed E-state index contributed by atoms with van der Waals surface area (Å²) in [6.07, 6.45) is -3.59. The van der Waals surface area contributed by atoms with Gasteiger partial charge in [0.05, 0.1) is 0 Å². The molecule has 0 spiro atoms. The standard InChI is InChI=1S/C21H19F3N8OS/c1-12-2-4-14(5-3-12)18-27-29-20(34-18)25-17(33)13-8-10-31(11-9-13)16-7-6-15-26-28-19(21(22,23)24)32(15)30-16/h2-7,13H,8-11H2,1H3,(H,25,29,33). The van der Waals surface area contributed by atoms with Crippen LogP contribution in [0.3, 0.4) is 0 Å². The van der Waals surface area contributed by atoms with E-state index in [1.54, 1.807) is 6.07 Å². The molecule has 4 heterocycles. The SMILES string of the molecule is Cc1ccc(-c2nnc(NC(=O)C3CCN(c4ccc5nnc(C(F)(F)F)n5n4)CC3)s2)cc1. The van der Waals surface area contributed by atoms with Gasteiger partial charge in [-0.2, -0.15) is 17.7 Å². The first-order valence-corrected chi connectivity index (χ1v) is 11.4. The van der Waals surface area contributed by atoms with Crippen molar-refractivity contribution in [2.45, 2.75) is 25.9 Å². The van der Waals surface area contributed by atoms with Crippen LogP contribution in [0.5, 0.6) is 0 Å². The van der Waals surface area contributed by atoms with E-state index in [1.807, 2.05) is 36.1 Å². The summed E-state index contributed by atoms with van der Waals surface area (Å²) in [5.74, 6) is -1.18. The van der Waals surface area contributed by atoms with E-state index in [-0.39, 0.29) is 17.5 Å². The largest absolute Gasteiger partial charge is 0.453 e. The normalized spacial score (nSPS) is 15.1. The molecular formula is C21H19F3N8OS. The quantitative estimate of drug-likeness (QED) is 0.466. The molecule has 1 saturated heterocycles. The van der Waals surface area contributed by atoms with E-state index in [2.05, 4.69) is 30.8 Å². The minimum absolute atomic E-state index is 0.0207. The lowest BCUT2D eigenvalue weighted by Gasteiger charge is -2.31. The number of nitrogens with one attached hydrogen (secondary N) is 1. The summed E-state index contributed by atoms with van der Waals surface area (Å²) in [6.45, 7) is 2.96. The number of hydrogen-bond acceptors (Lipinski definition) is 8. The second kappa shape index (κ2) is 8.63. The van der Waals surface area contributed by atoms with Gasteiger partial charge in [-0.3, -0.25) is 4.79 Å². The Kier molecular flexibility index (Phi) is 5.63. The topological polar surface area (TPSA) is 101 Å². The van der Waals surface area contributed by atoms with Gasteiger partial charge < -0.3 is 10.2 Å². The van der Waals surface area contributed by atoms with Crippen molar-refractivity contribution >= 4 is 33.8 Å². The molecule has 0 aliphatic carbocycles. The molecule has 0 saturated carbocycles. The van der Waals surface area contributed by atoms with Gasteiger partial charge in [0.15, 0.2) is 5.65 Å². The lowest BCUT2D eigenvalue weighted by molar-refractivity contribution is -0.146. The Bertz CT molecular complexity index is 1330. The molecule has 1 fully saturated rings. The van der Waals surface area contributed by atoms with E-state index in [1.165, 1.54) is 17.4 Å². The number of nitrogens with zero attached hydrogens (tertiary/aromatic N) is 7. The first-order chi connectivity index (χ1) is 16.3. The lowest BCUT2D eigenvalue weighted by atomic mass is 9.96.